The molecule has 0 spiro atoms. The molecule has 2 aromatic carbocycles. The number of alkyl halides is 3. The van der Waals surface area contributed by atoms with E-state index in [1.807, 2.05) is 7.05 Å². The molecule has 0 bridgehead atoms. The van der Waals surface area contributed by atoms with E-state index in [1.54, 1.807) is 17.0 Å². The Hall–Kier alpha value is -3.05. The monoisotopic (exact) mass is 481 g/mol. The highest BCUT2D eigenvalue weighted by molar-refractivity contribution is 7.90. The van der Waals surface area contributed by atoms with Gasteiger partial charge in [-0.1, -0.05) is 0 Å². The van der Waals surface area contributed by atoms with Crippen LogP contribution in [-0.2, 0) is 16.2 Å². The van der Waals surface area contributed by atoms with Crippen LogP contribution in [0, 0.1) is 0 Å². The molecular weight excluding hydrogens is 459 g/mol. The summed E-state index contributed by atoms with van der Waals surface area (Å²) in [7, 11) is -0.982. The van der Waals surface area contributed by atoms with E-state index in [2.05, 4.69) is 4.90 Å². The summed E-state index contributed by atoms with van der Waals surface area (Å²) in [4.78, 5) is 16.6. The molecule has 4 rings (SSSR count). The van der Waals surface area contributed by atoms with Gasteiger partial charge in [0.1, 0.15) is 11.4 Å². The average Bonchev–Trinajstić information content (AvgIpc) is 3.18. The molecule has 1 aliphatic rings. The molecule has 2 heterocycles. The molecule has 1 aliphatic heterocycles. The van der Waals surface area contributed by atoms with Crippen molar-refractivity contribution in [3.63, 3.8) is 0 Å². The van der Waals surface area contributed by atoms with Crippen LogP contribution in [0.1, 0.15) is 16.1 Å². The largest absolute Gasteiger partial charge is 0.497 e. The van der Waals surface area contributed by atoms with Crippen LogP contribution in [0.3, 0.4) is 0 Å². The van der Waals surface area contributed by atoms with E-state index in [0.717, 1.165) is 16.1 Å². The predicted molar refractivity (Wildman–Crippen MR) is 116 cm³/mol. The van der Waals surface area contributed by atoms with Gasteiger partial charge in [0.25, 0.3) is 15.9 Å². The summed E-state index contributed by atoms with van der Waals surface area (Å²) in [6.07, 6.45) is -4.60. The zero-order valence-corrected chi connectivity index (χ0v) is 18.8. The maximum absolute atomic E-state index is 13.6. The van der Waals surface area contributed by atoms with Crippen LogP contribution in [0.4, 0.5) is 13.2 Å². The minimum absolute atomic E-state index is 0.0808. The molecule has 1 aromatic heterocycles. The Bertz CT molecular complexity index is 1290. The topological polar surface area (TPSA) is 71.8 Å². The number of fused-ring (bicyclic) bond motifs is 1. The Labute approximate surface area is 189 Å². The van der Waals surface area contributed by atoms with Crippen molar-refractivity contribution in [1.82, 2.24) is 13.8 Å². The van der Waals surface area contributed by atoms with E-state index < -0.39 is 27.7 Å². The number of carbonyl (C=O) groups excluding carboxylic acids is 1. The number of carbonyl (C=O) groups is 1. The first-order chi connectivity index (χ1) is 15.5. The first-order valence-corrected chi connectivity index (χ1v) is 11.6. The summed E-state index contributed by atoms with van der Waals surface area (Å²) < 4.78 is 72.1. The zero-order chi connectivity index (χ0) is 24.0. The van der Waals surface area contributed by atoms with Crippen molar-refractivity contribution < 1.29 is 31.1 Å². The van der Waals surface area contributed by atoms with Gasteiger partial charge in [-0.3, -0.25) is 4.79 Å². The quantitative estimate of drug-likeness (QED) is 0.572. The number of ether oxygens (including phenoxy) is 1. The number of piperazine rings is 1. The lowest BCUT2D eigenvalue weighted by atomic mass is 10.2. The lowest BCUT2D eigenvalue weighted by Crippen LogP contribution is -2.47. The highest BCUT2D eigenvalue weighted by Gasteiger charge is 2.33. The third-order valence-electron chi connectivity index (χ3n) is 5.69. The van der Waals surface area contributed by atoms with Crippen LogP contribution in [0.25, 0.3) is 10.9 Å². The van der Waals surface area contributed by atoms with Crippen molar-refractivity contribution in [1.29, 1.82) is 0 Å². The van der Waals surface area contributed by atoms with Crippen LogP contribution in [0.15, 0.2) is 53.4 Å². The number of halogens is 3. The van der Waals surface area contributed by atoms with Crippen LogP contribution in [0.2, 0.25) is 0 Å². The number of aromatic nitrogens is 1. The highest BCUT2D eigenvalue weighted by Crippen LogP contribution is 2.32. The molecule has 1 fully saturated rings. The first-order valence-electron chi connectivity index (χ1n) is 10.1. The minimum Gasteiger partial charge on any atom is -0.497 e. The summed E-state index contributed by atoms with van der Waals surface area (Å²) >= 11 is 0. The van der Waals surface area contributed by atoms with Crippen LogP contribution in [-0.4, -0.2) is 68.4 Å². The van der Waals surface area contributed by atoms with Gasteiger partial charge in [-0.2, -0.15) is 13.2 Å². The molecular formula is C22H22F3N3O4S. The molecule has 1 amide bonds. The van der Waals surface area contributed by atoms with E-state index in [1.165, 1.54) is 19.2 Å². The number of likely N-dealkylation sites (N-methyl/N-ethyl adjacent to an activating group) is 1. The number of nitrogens with zero attached hydrogens (tertiary/aromatic N) is 3. The molecule has 0 saturated carbocycles. The van der Waals surface area contributed by atoms with E-state index in [-0.39, 0.29) is 16.1 Å². The van der Waals surface area contributed by atoms with Gasteiger partial charge in [0, 0.05) is 31.6 Å². The molecule has 11 heteroatoms. The van der Waals surface area contributed by atoms with Crippen molar-refractivity contribution in [3.8, 4) is 5.75 Å². The minimum atomic E-state index is -4.60. The average molecular weight is 481 g/mol. The molecule has 0 radical (unpaired) electrons. The fourth-order valence-corrected chi connectivity index (χ4v) is 5.30. The number of hydrogen-bond donors (Lipinski definition) is 0. The maximum atomic E-state index is 13.6. The Morgan fingerprint density at radius 2 is 1.61 bits per heavy atom. The second-order valence-corrected chi connectivity index (χ2v) is 9.63. The SMILES string of the molecule is COc1ccc2c(c1)cc(C(=O)N1CCN(C)CC1)n2S(=O)(=O)c1ccc(C(F)(F)F)cc1. The molecule has 176 valence electrons. The maximum Gasteiger partial charge on any atom is 0.416 e. The molecule has 0 aliphatic carbocycles. The number of benzene rings is 2. The number of amides is 1. The summed E-state index contributed by atoms with van der Waals surface area (Å²) in [6.45, 7) is 2.15. The van der Waals surface area contributed by atoms with E-state index in [0.29, 0.717) is 49.4 Å². The smallest absolute Gasteiger partial charge is 0.416 e. The number of hydrogen-bond acceptors (Lipinski definition) is 5. The summed E-state index contributed by atoms with van der Waals surface area (Å²) in [6, 6.07) is 9.37. The van der Waals surface area contributed by atoms with E-state index >= 15 is 0 Å². The third-order valence-corrected chi connectivity index (χ3v) is 7.44. The van der Waals surface area contributed by atoms with Gasteiger partial charge in [-0.15, -0.1) is 0 Å². The van der Waals surface area contributed by atoms with Crippen molar-refractivity contribution >= 4 is 26.8 Å². The van der Waals surface area contributed by atoms with Crippen molar-refractivity contribution in [2.75, 3.05) is 40.3 Å². The molecule has 7 nitrogen and oxygen atoms in total. The van der Waals surface area contributed by atoms with Gasteiger partial charge in [-0.25, -0.2) is 12.4 Å². The van der Waals surface area contributed by atoms with Crippen molar-refractivity contribution in [3.05, 3.63) is 59.8 Å². The summed E-state index contributed by atoms with van der Waals surface area (Å²) in [5.74, 6) is 0.0129. The second kappa shape index (κ2) is 8.38. The summed E-state index contributed by atoms with van der Waals surface area (Å²) in [5, 5.41) is 0.460. The van der Waals surface area contributed by atoms with Crippen LogP contribution in [0.5, 0.6) is 5.75 Å². The van der Waals surface area contributed by atoms with Crippen LogP contribution >= 0.6 is 0 Å². The Morgan fingerprint density at radius 1 is 0.970 bits per heavy atom. The molecule has 0 N–H and O–H groups in total. The van der Waals surface area contributed by atoms with E-state index in [9.17, 15) is 26.4 Å². The van der Waals surface area contributed by atoms with Gasteiger partial charge >= 0.3 is 6.18 Å². The van der Waals surface area contributed by atoms with Gasteiger partial charge in [0.15, 0.2) is 0 Å². The van der Waals surface area contributed by atoms with Crippen molar-refractivity contribution in [2.45, 2.75) is 11.1 Å². The van der Waals surface area contributed by atoms with Gasteiger partial charge in [-0.05, 0) is 55.6 Å². The first kappa shape index (κ1) is 23.1. The fraction of sp³-hybridized carbons (Fsp3) is 0.318. The molecule has 33 heavy (non-hydrogen) atoms. The molecule has 0 unspecified atom stereocenters. The van der Waals surface area contributed by atoms with Gasteiger partial charge in [0.2, 0.25) is 0 Å². The Balaban J connectivity index is 1.86. The lowest BCUT2D eigenvalue weighted by molar-refractivity contribution is -0.137. The Kier molecular flexibility index (Phi) is 5.87. The predicted octanol–water partition coefficient (Wildman–Crippen LogP) is 3.29. The standard InChI is InChI=1S/C22H22F3N3O4S/c1-26-9-11-27(12-10-26)21(29)20-14-15-13-17(32-2)5-8-19(15)28(20)33(30,31)18-6-3-16(4-7-18)22(23,24)25/h3-8,13-14H,9-12H2,1-2H3. The van der Waals surface area contributed by atoms with Crippen LogP contribution < -0.4 is 4.74 Å². The normalized spacial score (nSPS) is 15.7. The zero-order valence-electron chi connectivity index (χ0n) is 18.0. The Morgan fingerprint density at radius 3 is 2.18 bits per heavy atom. The lowest BCUT2D eigenvalue weighted by Gasteiger charge is -2.32. The molecule has 1 saturated heterocycles. The van der Waals surface area contributed by atoms with Gasteiger partial charge in [0.05, 0.1) is 23.1 Å². The number of rotatable bonds is 4. The summed E-state index contributed by atoms with van der Waals surface area (Å²) in [5.41, 5.74) is -0.812. The number of methoxy groups -OCH3 is 1. The van der Waals surface area contributed by atoms with E-state index in [4.69, 9.17) is 4.74 Å². The molecule has 0 atom stereocenters. The van der Waals surface area contributed by atoms with Gasteiger partial charge < -0.3 is 14.5 Å². The fourth-order valence-electron chi connectivity index (χ4n) is 3.80. The highest BCUT2D eigenvalue weighted by atomic mass is 32.2. The van der Waals surface area contributed by atoms with Crippen molar-refractivity contribution in [2.24, 2.45) is 0 Å². The third kappa shape index (κ3) is 4.30. The second-order valence-electron chi connectivity index (χ2n) is 7.84. The molecule has 3 aromatic rings.